The lowest BCUT2D eigenvalue weighted by Gasteiger charge is -2.31. The topological polar surface area (TPSA) is 52.6 Å². The van der Waals surface area contributed by atoms with Crippen molar-refractivity contribution in [2.45, 2.75) is 32.7 Å². The number of hydrogen-bond donors (Lipinski definition) is 2. The van der Waals surface area contributed by atoms with E-state index in [1.54, 1.807) is 0 Å². The summed E-state index contributed by atoms with van der Waals surface area (Å²) in [5, 5.41) is 12.2. The number of aliphatic hydroxyl groups is 1. The zero-order valence-electron chi connectivity index (χ0n) is 10.6. The van der Waals surface area contributed by atoms with Crippen LogP contribution in [0.25, 0.3) is 0 Å². The monoisotopic (exact) mass is 228 g/mol. The molecule has 1 unspecified atom stereocenters. The smallest absolute Gasteiger partial charge is 0.225 e. The maximum absolute atomic E-state index is 11.9. The molecule has 1 atom stereocenters. The fourth-order valence-electron chi connectivity index (χ4n) is 2.06. The first kappa shape index (κ1) is 13.5. The standard InChI is InChI=1S/C12H24N2O2/c1-9(2)11(8-15)12(16)13-10-4-6-14(3)7-5-10/h9-11,15H,4-8H2,1-3H3,(H,13,16). The zero-order chi connectivity index (χ0) is 12.1. The number of nitrogens with one attached hydrogen (secondary N) is 1. The second-order valence-electron chi connectivity index (χ2n) is 5.12. The number of amides is 1. The van der Waals surface area contributed by atoms with E-state index < -0.39 is 0 Å². The first-order chi connectivity index (χ1) is 7.54. The number of carbonyl (C=O) groups is 1. The molecule has 0 saturated carbocycles. The first-order valence-electron chi connectivity index (χ1n) is 6.14. The molecule has 0 aliphatic carbocycles. The largest absolute Gasteiger partial charge is 0.396 e. The van der Waals surface area contributed by atoms with E-state index in [2.05, 4.69) is 17.3 Å². The van der Waals surface area contributed by atoms with Crippen LogP contribution >= 0.6 is 0 Å². The third-order valence-electron chi connectivity index (χ3n) is 3.40. The van der Waals surface area contributed by atoms with E-state index in [0.29, 0.717) is 0 Å². The molecule has 1 aliphatic rings. The number of hydrogen-bond acceptors (Lipinski definition) is 3. The minimum atomic E-state index is -0.264. The minimum Gasteiger partial charge on any atom is -0.396 e. The quantitative estimate of drug-likeness (QED) is 0.735. The van der Waals surface area contributed by atoms with Crippen molar-refractivity contribution in [3.05, 3.63) is 0 Å². The molecule has 0 aromatic rings. The van der Waals surface area contributed by atoms with E-state index in [9.17, 15) is 4.79 Å². The van der Waals surface area contributed by atoms with Gasteiger partial charge in [-0.25, -0.2) is 0 Å². The van der Waals surface area contributed by atoms with Gasteiger partial charge in [-0.2, -0.15) is 0 Å². The Morgan fingerprint density at radius 2 is 2.00 bits per heavy atom. The highest BCUT2D eigenvalue weighted by atomic mass is 16.3. The molecule has 1 heterocycles. The highest BCUT2D eigenvalue weighted by molar-refractivity contribution is 5.79. The third-order valence-corrected chi connectivity index (χ3v) is 3.40. The number of nitrogens with zero attached hydrogens (tertiary/aromatic N) is 1. The van der Waals surface area contributed by atoms with Crippen molar-refractivity contribution in [2.24, 2.45) is 11.8 Å². The molecule has 1 rings (SSSR count). The minimum absolute atomic E-state index is 0.00653. The van der Waals surface area contributed by atoms with Crippen molar-refractivity contribution in [1.82, 2.24) is 10.2 Å². The van der Waals surface area contributed by atoms with Crippen LogP contribution in [0.1, 0.15) is 26.7 Å². The molecule has 16 heavy (non-hydrogen) atoms. The number of rotatable bonds is 4. The van der Waals surface area contributed by atoms with Crippen LogP contribution in [-0.2, 0) is 4.79 Å². The SMILES string of the molecule is CC(C)C(CO)C(=O)NC1CCN(C)CC1. The van der Waals surface area contributed by atoms with E-state index >= 15 is 0 Å². The van der Waals surface area contributed by atoms with Crippen LogP contribution < -0.4 is 5.32 Å². The number of aliphatic hydroxyl groups excluding tert-OH is 1. The predicted molar refractivity (Wildman–Crippen MR) is 64.1 cm³/mol. The maximum atomic E-state index is 11.9. The van der Waals surface area contributed by atoms with Crippen LogP contribution in [0.4, 0.5) is 0 Å². The van der Waals surface area contributed by atoms with E-state index in [4.69, 9.17) is 5.11 Å². The summed E-state index contributed by atoms with van der Waals surface area (Å²) in [6.45, 7) is 5.95. The summed E-state index contributed by atoms with van der Waals surface area (Å²) in [7, 11) is 2.10. The highest BCUT2D eigenvalue weighted by Crippen LogP contribution is 2.13. The molecular weight excluding hydrogens is 204 g/mol. The summed E-state index contributed by atoms with van der Waals surface area (Å²) < 4.78 is 0. The fraction of sp³-hybridized carbons (Fsp3) is 0.917. The number of likely N-dealkylation sites (tertiary alicyclic amines) is 1. The average Bonchev–Trinajstić information content (AvgIpc) is 2.22. The molecule has 1 fully saturated rings. The lowest BCUT2D eigenvalue weighted by atomic mass is 9.95. The van der Waals surface area contributed by atoms with Crippen LogP contribution in [0.15, 0.2) is 0 Å². The molecule has 1 aliphatic heterocycles. The average molecular weight is 228 g/mol. The molecule has 1 amide bonds. The lowest BCUT2D eigenvalue weighted by molar-refractivity contribution is -0.128. The van der Waals surface area contributed by atoms with Crippen LogP contribution in [0.3, 0.4) is 0 Å². The van der Waals surface area contributed by atoms with E-state index in [1.165, 1.54) is 0 Å². The highest BCUT2D eigenvalue weighted by Gasteiger charge is 2.25. The Hall–Kier alpha value is -0.610. The molecule has 0 aromatic heterocycles. The molecule has 0 bridgehead atoms. The zero-order valence-corrected chi connectivity index (χ0v) is 10.6. The Kier molecular flexibility index (Phi) is 5.22. The normalized spacial score (nSPS) is 21.1. The van der Waals surface area contributed by atoms with Crippen molar-refractivity contribution in [3.63, 3.8) is 0 Å². The molecule has 4 heteroatoms. The predicted octanol–water partition coefficient (Wildman–Crippen LogP) is 0.461. The summed E-state index contributed by atoms with van der Waals surface area (Å²) in [5.41, 5.74) is 0. The summed E-state index contributed by atoms with van der Waals surface area (Å²) in [5.74, 6) is -0.0667. The molecule has 0 spiro atoms. The molecule has 0 radical (unpaired) electrons. The van der Waals surface area contributed by atoms with E-state index in [0.717, 1.165) is 25.9 Å². The van der Waals surface area contributed by atoms with Crippen molar-refractivity contribution in [3.8, 4) is 0 Å². The van der Waals surface area contributed by atoms with Gasteiger partial charge in [0.25, 0.3) is 0 Å². The fourth-order valence-corrected chi connectivity index (χ4v) is 2.06. The summed E-state index contributed by atoms with van der Waals surface area (Å²) in [6.07, 6.45) is 2.02. The van der Waals surface area contributed by atoms with Gasteiger partial charge in [0.2, 0.25) is 5.91 Å². The molecule has 2 N–H and O–H groups in total. The third kappa shape index (κ3) is 3.76. The van der Waals surface area contributed by atoms with Crippen LogP contribution in [0.2, 0.25) is 0 Å². The maximum Gasteiger partial charge on any atom is 0.225 e. The van der Waals surface area contributed by atoms with Gasteiger partial charge in [0, 0.05) is 6.04 Å². The summed E-state index contributed by atoms with van der Waals surface area (Å²) >= 11 is 0. The molecule has 4 nitrogen and oxygen atoms in total. The number of carbonyl (C=O) groups excluding carboxylic acids is 1. The molecule has 94 valence electrons. The summed E-state index contributed by atoms with van der Waals surface area (Å²) in [6, 6.07) is 0.288. The second kappa shape index (κ2) is 6.21. The van der Waals surface area contributed by atoms with Crippen molar-refractivity contribution < 1.29 is 9.90 Å². The van der Waals surface area contributed by atoms with Crippen LogP contribution in [-0.4, -0.2) is 48.7 Å². The van der Waals surface area contributed by atoms with Crippen LogP contribution in [0, 0.1) is 11.8 Å². The molecule has 0 aromatic carbocycles. The van der Waals surface area contributed by atoms with Gasteiger partial charge in [-0.05, 0) is 38.9 Å². The van der Waals surface area contributed by atoms with Gasteiger partial charge >= 0.3 is 0 Å². The van der Waals surface area contributed by atoms with E-state index in [-0.39, 0.29) is 30.4 Å². The van der Waals surface area contributed by atoms with Crippen molar-refractivity contribution in [1.29, 1.82) is 0 Å². The Morgan fingerprint density at radius 3 is 2.44 bits per heavy atom. The summed E-state index contributed by atoms with van der Waals surface area (Å²) in [4.78, 5) is 14.2. The molecule has 1 saturated heterocycles. The van der Waals surface area contributed by atoms with Crippen LogP contribution in [0.5, 0.6) is 0 Å². The Bertz CT molecular complexity index is 223. The number of piperidine rings is 1. The van der Waals surface area contributed by atoms with Gasteiger partial charge in [-0.3, -0.25) is 4.79 Å². The second-order valence-corrected chi connectivity index (χ2v) is 5.12. The van der Waals surface area contributed by atoms with Gasteiger partial charge in [0.05, 0.1) is 12.5 Å². The van der Waals surface area contributed by atoms with Gasteiger partial charge in [0.1, 0.15) is 0 Å². The van der Waals surface area contributed by atoms with Gasteiger partial charge in [0.15, 0.2) is 0 Å². The van der Waals surface area contributed by atoms with Gasteiger partial charge < -0.3 is 15.3 Å². The Labute approximate surface area is 98.0 Å². The van der Waals surface area contributed by atoms with E-state index in [1.807, 2.05) is 13.8 Å². The van der Waals surface area contributed by atoms with Gasteiger partial charge in [-0.1, -0.05) is 13.8 Å². The Morgan fingerprint density at radius 1 is 1.44 bits per heavy atom. The van der Waals surface area contributed by atoms with Crippen molar-refractivity contribution >= 4 is 5.91 Å². The van der Waals surface area contributed by atoms with Gasteiger partial charge in [-0.15, -0.1) is 0 Å². The molecular formula is C12H24N2O2. The Balaban J connectivity index is 2.38. The first-order valence-corrected chi connectivity index (χ1v) is 6.14. The lowest BCUT2D eigenvalue weighted by Crippen LogP contribution is -2.46. The van der Waals surface area contributed by atoms with Crippen molar-refractivity contribution in [2.75, 3.05) is 26.7 Å².